The molecule has 1 aliphatic heterocycles. The second kappa shape index (κ2) is 10.2. The van der Waals surface area contributed by atoms with Crippen molar-refractivity contribution >= 4 is 23.5 Å². The van der Waals surface area contributed by atoms with E-state index in [9.17, 15) is 13.6 Å². The summed E-state index contributed by atoms with van der Waals surface area (Å²) in [7, 11) is 0. The highest BCUT2D eigenvalue weighted by Crippen LogP contribution is 2.29. The maximum absolute atomic E-state index is 14.5. The molecule has 5 rings (SSSR count). The molecule has 1 amide bonds. The van der Waals surface area contributed by atoms with Crippen molar-refractivity contribution in [3.63, 3.8) is 0 Å². The van der Waals surface area contributed by atoms with E-state index in [1.54, 1.807) is 41.1 Å². The van der Waals surface area contributed by atoms with Crippen LogP contribution >= 0.6 is 11.8 Å². The van der Waals surface area contributed by atoms with Gasteiger partial charge in [0, 0.05) is 38.1 Å². The molecule has 1 saturated heterocycles. The van der Waals surface area contributed by atoms with E-state index in [1.807, 2.05) is 23.1 Å². The van der Waals surface area contributed by atoms with Crippen LogP contribution in [0.1, 0.15) is 0 Å². The summed E-state index contributed by atoms with van der Waals surface area (Å²) in [5.74, 6) is 0.498. The Bertz CT molecular complexity index is 1310. The maximum atomic E-state index is 14.5. The van der Waals surface area contributed by atoms with Crippen LogP contribution in [0.4, 0.5) is 14.6 Å². The molecule has 0 unspecified atom stereocenters. The molecule has 0 saturated carbocycles. The molecule has 1 fully saturated rings. The Morgan fingerprint density at radius 1 is 0.886 bits per heavy atom. The van der Waals surface area contributed by atoms with Gasteiger partial charge in [-0.05, 0) is 48.5 Å². The van der Waals surface area contributed by atoms with Gasteiger partial charge in [-0.1, -0.05) is 30.0 Å². The summed E-state index contributed by atoms with van der Waals surface area (Å²) in [5.41, 5.74) is 0.849. The second-order valence-electron chi connectivity index (χ2n) is 7.94. The van der Waals surface area contributed by atoms with Gasteiger partial charge in [0.05, 0.1) is 11.3 Å². The van der Waals surface area contributed by atoms with Gasteiger partial charge in [-0.15, -0.1) is 10.2 Å². The van der Waals surface area contributed by atoms with Crippen molar-refractivity contribution in [3.8, 4) is 17.1 Å². The van der Waals surface area contributed by atoms with Gasteiger partial charge in [0.25, 0.3) is 0 Å². The predicted molar refractivity (Wildman–Crippen MR) is 130 cm³/mol. The van der Waals surface area contributed by atoms with Crippen molar-refractivity contribution in [1.29, 1.82) is 0 Å². The number of carbonyl (C=O) groups is 1. The molecule has 3 heterocycles. The summed E-state index contributed by atoms with van der Waals surface area (Å²) >= 11 is 1.22. The third-order valence-electron chi connectivity index (χ3n) is 5.76. The lowest BCUT2D eigenvalue weighted by Gasteiger charge is -2.35. The van der Waals surface area contributed by atoms with Gasteiger partial charge < -0.3 is 9.80 Å². The maximum Gasteiger partial charge on any atom is 0.233 e. The van der Waals surface area contributed by atoms with Crippen molar-refractivity contribution in [3.05, 3.63) is 84.6 Å². The van der Waals surface area contributed by atoms with Crippen molar-refractivity contribution in [2.24, 2.45) is 0 Å². The molecule has 0 aliphatic carbocycles. The van der Waals surface area contributed by atoms with E-state index in [0.717, 1.165) is 5.82 Å². The first kappa shape index (κ1) is 23.0. The average molecular weight is 493 g/mol. The zero-order chi connectivity index (χ0) is 24.2. The van der Waals surface area contributed by atoms with Crippen LogP contribution in [0.3, 0.4) is 0 Å². The third kappa shape index (κ3) is 5.02. The zero-order valence-electron chi connectivity index (χ0n) is 18.7. The van der Waals surface area contributed by atoms with Crippen LogP contribution in [0, 0.1) is 11.6 Å². The second-order valence-corrected chi connectivity index (χ2v) is 8.88. The minimum Gasteiger partial charge on any atom is -0.353 e. The number of amides is 1. The van der Waals surface area contributed by atoms with Crippen LogP contribution in [-0.2, 0) is 4.79 Å². The number of thioether (sulfide) groups is 1. The highest BCUT2D eigenvalue weighted by Gasteiger charge is 2.24. The van der Waals surface area contributed by atoms with E-state index in [2.05, 4.69) is 20.1 Å². The van der Waals surface area contributed by atoms with E-state index >= 15 is 0 Å². The Hall–Kier alpha value is -3.79. The molecule has 0 radical (unpaired) electrons. The number of pyridine rings is 1. The molecule has 0 N–H and O–H groups in total. The van der Waals surface area contributed by atoms with Gasteiger partial charge in [0.1, 0.15) is 17.5 Å². The minimum absolute atomic E-state index is 0.0169. The summed E-state index contributed by atoms with van der Waals surface area (Å²) in [6.07, 6.45) is 1.76. The average Bonchev–Trinajstić information content (AvgIpc) is 3.32. The van der Waals surface area contributed by atoms with E-state index in [-0.39, 0.29) is 28.9 Å². The largest absolute Gasteiger partial charge is 0.353 e. The van der Waals surface area contributed by atoms with E-state index < -0.39 is 5.82 Å². The molecule has 0 bridgehead atoms. The van der Waals surface area contributed by atoms with Crippen molar-refractivity contribution in [1.82, 2.24) is 24.6 Å². The SMILES string of the molecule is O=C(CSc1nnc(-c2ccccc2F)n1-c1ccc(F)cc1)N1CCN(c2ccccn2)CC1. The first-order valence-corrected chi connectivity index (χ1v) is 12.1. The third-order valence-corrected chi connectivity index (χ3v) is 6.68. The van der Waals surface area contributed by atoms with E-state index in [1.165, 1.54) is 30.0 Å². The van der Waals surface area contributed by atoms with Crippen LogP contribution in [0.5, 0.6) is 0 Å². The van der Waals surface area contributed by atoms with Gasteiger partial charge in [0.2, 0.25) is 5.91 Å². The molecule has 35 heavy (non-hydrogen) atoms. The molecule has 7 nitrogen and oxygen atoms in total. The van der Waals surface area contributed by atoms with Gasteiger partial charge >= 0.3 is 0 Å². The lowest BCUT2D eigenvalue weighted by molar-refractivity contribution is -0.128. The molecule has 2 aromatic carbocycles. The Morgan fingerprint density at radius 3 is 2.34 bits per heavy atom. The molecule has 178 valence electrons. The normalized spacial score (nSPS) is 13.8. The van der Waals surface area contributed by atoms with Crippen LogP contribution in [-0.4, -0.2) is 62.5 Å². The number of rotatable bonds is 6. The number of piperazine rings is 1. The first-order chi connectivity index (χ1) is 17.1. The summed E-state index contributed by atoms with van der Waals surface area (Å²) in [4.78, 5) is 21.3. The van der Waals surface area contributed by atoms with Gasteiger partial charge in [-0.2, -0.15) is 0 Å². The topological polar surface area (TPSA) is 67.2 Å². The molecular weight excluding hydrogens is 470 g/mol. The summed E-state index contributed by atoms with van der Waals surface area (Å²) < 4.78 is 29.7. The Morgan fingerprint density at radius 2 is 1.63 bits per heavy atom. The monoisotopic (exact) mass is 492 g/mol. The van der Waals surface area contributed by atoms with Crippen LogP contribution in [0.2, 0.25) is 0 Å². The number of aromatic nitrogens is 4. The standard InChI is InChI=1S/C25H22F2N6OS/c26-18-8-10-19(11-9-18)33-24(20-5-1-2-6-21(20)27)29-30-25(33)35-17-23(34)32-15-13-31(14-16-32)22-7-3-4-12-28-22/h1-12H,13-17H2. The van der Waals surface area contributed by atoms with Crippen molar-refractivity contribution in [2.75, 3.05) is 36.8 Å². The molecule has 2 aromatic heterocycles. The predicted octanol–water partition coefficient (Wildman–Crippen LogP) is 4.05. The smallest absolute Gasteiger partial charge is 0.233 e. The van der Waals surface area contributed by atoms with E-state index in [0.29, 0.717) is 37.0 Å². The number of hydrogen-bond donors (Lipinski definition) is 0. The highest BCUT2D eigenvalue weighted by atomic mass is 32.2. The highest BCUT2D eigenvalue weighted by molar-refractivity contribution is 7.99. The van der Waals surface area contributed by atoms with E-state index in [4.69, 9.17) is 0 Å². The molecule has 10 heteroatoms. The summed E-state index contributed by atoms with van der Waals surface area (Å²) in [6, 6.07) is 17.8. The zero-order valence-corrected chi connectivity index (χ0v) is 19.5. The molecule has 4 aromatic rings. The number of nitrogens with zero attached hydrogens (tertiary/aromatic N) is 6. The van der Waals surface area contributed by atoms with Gasteiger partial charge in [-0.25, -0.2) is 13.8 Å². The Kier molecular flexibility index (Phi) is 6.71. The van der Waals surface area contributed by atoms with Gasteiger partial charge in [0.15, 0.2) is 11.0 Å². The number of benzene rings is 2. The number of hydrogen-bond acceptors (Lipinski definition) is 6. The van der Waals surface area contributed by atoms with Crippen molar-refractivity contribution in [2.45, 2.75) is 5.16 Å². The fraction of sp³-hybridized carbons (Fsp3) is 0.200. The number of anilines is 1. The lowest BCUT2D eigenvalue weighted by atomic mass is 10.2. The fourth-order valence-electron chi connectivity index (χ4n) is 3.95. The number of carbonyl (C=O) groups excluding carboxylic acids is 1. The number of halogens is 2. The van der Waals surface area contributed by atoms with Crippen molar-refractivity contribution < 1.29 is 13.6 Å². The summed E-state index contributed by atoms with van der Waals surface area (Å²) in [6.45, 7) is 2.61. The van der Waals surface area contributed by atoms with Gasteiger partial charge in [-0.3, -0.25) is 9.36 Å². The van der Waals surface area contributed by atoms with Crippen LogP contribution < -0.4 is 4.90 Å². The molecule has 0 spiro atoms. The fourth-order valence-corrected chi connectivity index (χ4v) is 4.80. The summed E-state index contributed by atoms with van der Waals surface area (Å²) in [5, 5.41) is 8.86. The Balaban J connectivity index is 1.32. The van der Waals surface area contributed by atoms with Crippen LogP contribution in [0.15, 0.2) is 78.1 Å². The minimum atomic E-state index is -0.443. The Labute approximate surface area is 205 Å². The molecule has 1 aliphatic rings. The molecule has 0 atom stereocenters. The lowest BCUT2D eigenvalue weighted by Crippen LogP contribution is -2.49. The first-order valence-electron chi connectivity index (χ1n) is 11.1. The molecular formula is C25H22F2N6OS. The quantitative estimate of drug-likeness (QED) is 0.379. The van der Waals surface area contributed by atoms with Crippen LogP contribution in [0.25, 0.3) is 17.1 Å².